The normalized spacial score (nSPS) is 20.2. The van der Waals surface area contributed by atoms with Gasteiger partial charge in [-0.25, -0.2) is 8.42 Å². The van der Waals surface area contributed by atoms with Crippen LogP contribution in [0.15, 0.2) is 29.2 Å². The van der Waals surface area contributed by atoms with E-state index in [0.29, 0.717) is 45.0 Å². The maximum atomic E-state index is 12.8. The Kier molecular flexibility index (Phi) is 8.27. The number of amides is 1. The van der Waals surface area contributed by atoms with E-state index in [2.05, 4.69) is 5.32 Å². The van der Waals surface area contributed by atoms with Gasteiger partial charge in [0.25, 0.3) is 0 Å². The van der Waals surface area contributed by atoms with Gasteiger partial charge in [0.1, 0.15) is 0 Å². The minimum atomic E-state index is -3.58. The molecule has 1 heterocycles. The molecule has 0 unspecified atom stereocenters. The number of hydrogen-bond acceptors (Lipinski definition) is 5. The molecule has 1 saturated carbocycles. The van der Waals surface area contributed by atoms with E-state index in [-0.39, 0.29) is 28.6 Å². The first-order chi connectivity index (χ1) is 13.0. The van der Waals surface area contributed by atoms with Crippen molar-refractivity contribution in [3.05, 3.63) is 24.3 Å². The van der Waals surface area contributed by atoms with Crippen LogP contribution in [-0.2, 0) is 19.6 Å². The average Bonchev–Trinajstić information content (AvgIpc) is 2.69. The molecule has 0 atom stereocenters. The summed E-state index contributed by atoms with van der Waals surface area (Å²) in [6.45, 7) is 2.00. The van der Waals surface area contributed by atoms with Gasteiger partial charge < -0.3 is 15.8 Å². The van der Waals surface area contributed by atoms with E-state index < -0.39 is 10.0 Å². The average molecular weight is 432 g/mol. The first-order valence-electron chi connectivity index (χ1n) is 9.63. The summed E-state index contributed by atoms with van der Waals surface area (Å²) < 4.78 is 32.2. The van der Waals surface area contributed by atoms with E-state index in [1.807, 2.05) is 0 Å². The van der Waals surface area contributed by atoms with Crippen molar-refractivity contribution in [3.8, 4) is 0 Å². The van der Waals surface area contributed by atoms with Crippen LogP contribution in [0.5, 0.6) is 0 Å². The number of ether oxygens (including phenoxy) is 1. The van der Waals surface area contributed by atoms with Crippen LogP contribution in [0.4, 0.5) is 5.69 Å². The highest BCUT2D eigenvalue weighted by atomic mass is 35.5. The predicted molar refractivity (Wildman–Crippen MR) is 111 cm³/mol. The Morgan fingerprint density at radius 2 is 1.86 bits per heavy atom. The van der Waals surface area contributed by atoms with Gasteiger partial charge in [0.2, 0.25) is 15.9 Å². The van der Waals surface area contributed by atoms with E-state index in [1.165, 1.54) is 16.8 Å². The summed E-state index contributed by atoms with van der Waals surface area (Å²) in [5.74, 6) is -0.108. The van der Waals surface area contributed by atoms with Crippen molar-refractivity contribution in [2.75, 3.05) is 38.2 Å². The Bertz CT molecular complexity index is 760. The smallest absolute Gasteiger partial charge is 0.243 e. The van der Waals surface area contributed by atoms with Gasteiger partial charge in [-0.05, 0) is 43.0 Å². The number of anilines is 1. The summed E-state index contributed by atoms with van der Waals surface area (Å²) in [7, 11) is -3.58. The molecule has 0 aromatic heterocycles. The van der Waals surface area contributed by atoms with Gasteiger partial charge in [0.05, 0.1) is 18.1 Å². The van der Waals surface area contributed by atoms with Crippen LogP contribution in [0.25, 0.3) is 0 Å². The molecule has 1 aliphatic carbocycles. The molecule has 1 amide bonds. The van der Waals surface area contributed by atoms with E-state index >= 15 is 0 Å². The van der Waals surface area contributed by atoms with Crippen LogP contribution in [-0.4, -0.2) is 51.5 Å². The molecule has 2 aliphatic rings. The quantitative estimate of drug-likeness (QED) is 0.719. The molecule has 3 rings (SSSR count). The zero-order chi connectivity index (χ0) is 19.3. The highest BCUT2D eigenvalue weighted by molar-refractivity contribution is 7.89. The Balaban J connectivity index is 0.00000280. The Morgan fingerprint density at radius 3 is 2.50 bits per heavy atom. The van der Waals surface area contributed by atoms with Gasteiger partial charge in [0, 0.05) is 25.2 Å². The van der Waals surface area contributed by atoms with Crippen LogP contribution in [0.3, 0.4) is 0 Å². The van der Waals surface area contributed by atoms with Gasteiger partial charge in [-0.15, -0.1) is 12.4 Å². The highest BCUT2D eigenvalue weighted by Crippen LogP contribution is 2.38. The summed E-state index contributed by atoms with van der Waals surface area (Å²) in [6.07, 6.45) is 5.75. The molecule has 2 fully saturated rings. The molecule has 9 heteroatoms. The first-order valence-corrected chi connectivity index (χ1v) is 11.1. The molecule has 7 nitrogen and oxygen atoms in total. The van der Waals surface area contributed by atoms with Crippen LogP contribution >= 0.6 is 12.4 Å². The Morgan fingerprint density at radius 1 is 1.18 bits per heavy atom. The topological polar surface area (TPSA) is 102 Å². The standard InChI is InChI=1S/C19H29N3O4S.ClH/c20-15-19(7-2-1-3-8-19)14-18(23)21-16-5-4-6-17(13-16)27(24,25)22-9-11-26-12-10-22;/h4-6,13H,1-3,7-12,14-15,20H2,(H,21,23);1H. The lowest BCUT2D eigenvalue weighted by atomic mass is 9.71. The van der Waals surface area contributed by atoms with Crippen molar-refractivity contribution in [1.82, 2.24) is 4.31 Å². The Labute approximate surface area is 173 Å². The molecule has 1 aliphatic heterocycles. The number of nitrogens with zero attached hydrogens (tertiary/aromatic N) is 1. The summed E-state index contributed by atoms with van der Waals surface area (Å²) in [4.78, 5) is 12.8. The monoisotopic (exact) mass is 431 g/mol. The maximum Gasteiger partial charge on any atom is 0.243 e. The summed E-state index contributed by atoms with van der Waals surface area (Å²) in [5.41, 5.74) is 6.34. The zero-order valence-corrected chi connectivity index (χ0v) is 17.7. The second-order valence-corrected chi connectivity index (χ2v) is 9.47. The third-order valence-corrected chi connectivity index (χ3v) is 7.50. The van der Waals surface area contributed by atoms with Gasteiger partial charge in [0.15, 0.2) is 0 Å². The fourth-order valence-electron chi connectivity index (χ4n) is 3.97. The van der Waals surface area contributed by atoms with Gasteiger partial charge in [-0.2, -0.15) is 4.31 Å². The molecule has 158 valence electrons. The van der Waals surface area contributed by atoms with Crippen LogP contribution in [0.2, 0.25) is 0 Å². The van der Waals surface area contributed by atoms with Crippen molar-refractivity contribution >= 4 is 34.0 Å². The molecule has 3 N–H and O–H groups in total. The maximum absolute atomic E-state index is 12.8. The van der Waals surface area contributed by atoms with E-state index in [4.69, 9.17) is 10.5 Å². The molecular formula is C19H30ClN3O4S. The van der Waals surface area contributed by atoms with Crippen molar-refractivity contribution in [3.63, 3.8) is 0 Å². The number of hydrogen-bond donors (Lipinski definition) is 2. The van der Waals surface area contributed by atoms with E-state index in [9.17, 15) is 13.2 Å². The first kappa shape index (κ1) is 23.1. The largest absolute Gasteiger partial charge is 0.379 e. The molecule has 1 aromatic rings. The lowest BCUT2D eigenvalue weighted by molar-refractivity contribution is -0.118. The van der Waals surface area contributed by atoms with Gasteiger partial charge in [-0.1, -0.05) is 25.3 Å². The SMILES string of the molecule is Cl.NCC1(CC(=O)Nc2cccc(S(=O)(=O)N3CCOCC3)c2)CCCCC1. The minimum Gasteiger partial charge on any atom is -0.379 e. The number of halogens is 1. The minimum absolute atomic E-state index is 0. The third kappa shape index (κ3) is 5.45. The van der Waals surface area contributed by atoms with Crippen molar-refractivity contribution < 1.29 is 17.9 Å². The number of rotatable bonds is 6. The van der Waals surface area contributed by atoms with Crippen molar-refractivity contribution in [2.24, 2.45) is 11.1 Å². The second-order valence-electron chi connectivity index (χ2n) is 7.53. The Hall–Kier alpha value is -1.19. The number of nitrogens with two attached hydrogens (primary N) is 1. The molecule has 1 aromatic carbocycles. The fourth-order valence-corrected chi connectivity index (χ4v) is 5.43. The van der Waals surface area contributed by atoms with Crippen molar-refractivity contribution in [2.45, 2.75) is 43.4 Å². The number of benzene rings is 1. The summed E-state index contributed by atoms with van der Waals surface area (Å²) >= 11 is 0. The fraction of sp³-hybridized carbons (Fsp3) is 0.632. The van der Waals surface area contributed by atoms with Gasteiger partial charge in [-0.3, -0.25) is 4.79 Å². The summed E-state index contributed by atoms with van der Waals surface area (Å²) in [5, 5.41) is 2.86. The molecule has 28 heavy (non-hydrogen) atoms. The molecule has 0 spiro atoms. The van der Waals surface area contributed by atoms with Crippen LogP contribution in [0.1, 0.15) is 38.5 Å². The number of morpholine rings is 1. The van der Waals surface area contributed by atoms with E-state index in [1.54, 1.807) is 18.2 Å². The lowest BCUT2D eigenvalue weighted by Crippen LogP contribution is -2.40. The number of carbonyl (C=O) groups excluding carboxylic acids is 1. The highest BCUT2D eigenvalue weighted by Gasteiger charge is 2.33. The second kappa shape index (κ2) is 10.0. The number of carbonyl (C=O) groups is 1. The lowest BCUT2D eigenvalue weighted by Gasteiger charge is -2.35. The molecule has 0 bridgehead atoms. The predicted octanol–water partition coefficient (Wildman–Crippen LogP) is 2.37. The van der Waals surface area contributed by atoms with Crippen LogP contribution < -0.4 is 11.1 Å². The molecular weight excluding hydrogens is 402 g/mol. The molecule has 1 saturated heterocycles. The van der Waals surface area contributed by atoms with Crippen LogP contribution in [0, 0.1) is 5.41 Å². The molecule has 0 radical (unpaired) electrons. The third-order valence-electron chi connectivity index (χ3n) is 5.61. The van der Waals surface area contributed by atoms with Gasteiger partial charge >= 0.3 is 0 Å². The number of nitrogens with one attached hydrogen (secondary N) is 1. The zero-order valence-electron chi connectivity index (χ0n) is 16.1. The number of sulfonamides is 1. The summed E-state index contributed by atoms with van der Waals surface area (Å²) in [6, 6.07) is 6.45. The van der Waals surface area contributed by atoms with Crippen molar-refractivity contribution in [1.29, 1.82) is 0 Å². The van der Waals surface area contributed by atoms with E-state index in [0.717, 1.165) is 25.7 Å².